The second kappa shape index (κ2) is 5.69. The van der Waals surface area contributed by atoms with Crippen molar-refractivity contribution in [2.24, 2.45) is 11.3 Å². The quantitative estimate of drug-likeness (QED) is 0.838. The zero-order chi connectivity index (χ0) is 15.9. The van der Waals surface area contributed by atoms with E-state index in [2.05, 4.69) is 45.6 Å². The van der Waals surface area contributed by atoms with Crippen molar-refractivity contribution in [1.82, 2.24) is 19.5 Å². The molecule has 0 aliphatic heterocycles. The molecule has 1 N–H and O–H groups in total. The molecule has 1 aliphatic rings. The average Bonchev–Trinajstić information content (AvgIpc) is 2.89. The molecule has 1 fully saturated rings. The molecule has 120 valence electrons. The molecule has 0 unspecified atom stereocenters. The Kier molecular flexibility index (Phi) is 4.02. The van der Waals surface area contributed by atoms with Crippen LogP contribution in [-0.2, 0) is 0 Å². The summed E-state index contributed by atoms with van der Waals surface area (Å²) in [7, 11) is 1.83. The van der Waals surface area contributed by atoms with Crippen LogP contribution >= 0.6 is 11.6 Å². The molecule has 0 radical (unpaired) electrons. The largest absolute Gasteiger partial charge is 0.371 e. The summed E-state index contributed by atoms with van der Waals surface area (Å²) in [4.78, 5) is 13.1. The fourth-order valence-corrected chi connectivity index (χ4v) is 3.72. The molecular formula is C16H24ClN5. The van der Waals surface area contributed by atoms with Crippen LogP contribution < -0.4 is 5.32 Å². The van der Waals surface area contributed by atoms with Crippen molar-refractivity contribution >= 4 is 28.6 Å². The van der Waals surface area contributed by atoms with Gasteiger partial charge in [0.05, 0.1) is 6.33 Å². The van der Waals surface area contributed by atoms with Crippen LogP contribution in [0.15, 0.2) is 6.33 Å². The second-order valence-corrected chi connectivity index (χ2v) is 7.62. The lowest BCUT2D eigenvalue weighted by Crippen LogP contribution is -2.27. The predicted molar refractivity (Wildman–Crippen MR) is 90.3 cm³/mol. The maximum absolute atomic E-state index is 6.05. The Morgan fingerprint density at radius 3 is 2.45 bits per heavy atom. The van der Waals surface area contributed by atoms with E-state index in [0.717, 1.165) is 17.1 Å². The van der Waals surface area contributed by atoms with E-state index in [-0.39, 0.29) is 5.28 Å². The summed E-state index contributed by atoms with van der Waals surface area (Å²) in [5.41, 5.74) is 2.03. The lowest BCUT2D eigenvalue weighted by Gasteiger charge is -2.37. The third-order valence-corrected chi connectivity index (χ3v) is 5.11. The number of nitrogens with one attached hydrogen (secondary N) is 1. The maximum Gasteiger partial charge on any atom is 0.226 e. The van der Waals surface area contributed by atoms with Gasteiger partial charge in [0.2, 0.25) is 5.28 Å². The monoisotopic (exact) mass is 321 g/mol. The first kappa shape index (κ1) is 15.5. The van der Waals surface area contributed by atoms with Gasteiger partial charge in [0.1, 0.15) is 0 Å². The Labute approximate surface area is 136 Å². The normalized spacial score (nSPS) is 23.0. The maximum atomic E-state index is 6.05. The zero-order valence-corrected chi connectivity index (χ0v) is 14.5. The molecule has 2 heterocycles. The van der Waals surface area contributed by atoms with Gasteiger partial charge in [-0.05, 0) is 48.6 Å². The summed E-state index contributed by atoms with van der Waals surface area (Å²) in [5, 5.41) is 3.31. The highest BCUT2D eigenvalue weighted by Gasteiger charge is 2.31. The fraction of sp³-hybridized carbons (Fsp3) is 0.688. The van der Waals surface area contributed by atoms with Crippen molar-refractivity contribution in [1.29, 1.82) is 0 Å². The van der Waals surface area contributed by atoms with E-state index >= 15 is 0 Å². The van der Waals surface area contributed by atoms with Gasteiger partial charge >= 0.3 is 0 Å². The molecule has 1 aliphatic carbocycles. The molecule has 0 saturated heterocycles. The zero-order valence-electron chi connectivity index (χ0n) is 13.7. The van der Waals surface area contributed by atoms with Crippen LogP contribution in [0.5, 0.6) is 0 Å². The van der Waals surface area contributed by atoms with Crippen molar-refractivity contribution in [3.63, 3.8) is 0 Å². The van der Waals surface area contributed by atoms with Crippen LogP contribution in [0.2, 0.25) is 5.28 Å². The van der Waals surface area contributed by atoms with Crippen molar-refractivity contribution in [3.05, 3.63) is 11.6 Å². The third kappa shape index (κ3) is 2.78. The summed E-state index contributed by atoms with van der Waals surface area (Å²) < 4.78 is 2.18. The van der Waals surface area contributed by atoms with Gasteiger partial charge < -0.3 is 9.88 Å². The predicted octanol–water partition coefficient (Wildman–Crippen LogP) is 4.30. The molecule has 0 spiro atoms. The number of hydrogen-bond acceptors (Lipinski definition) is 4. The highest BCUT2D eigenvalue weighted by Crippen LogP contribution is 2.42. The summed E-state index contributed by atoms with van der Waals surface area (Å²) in [5.74, 6) is 1.49. The molecule has 0 bridgehead atoms. The van der Waals surface area contributed by atoms with Crippen LogP contribution in [0.4, 0.5) is 5.82 Å². The summed E-state index contributed by atoms with van der Waals surface area (Å²) in [6, 6.07) is 0.458. The minimum atomic E-state index is 0.266. The lowest BCUT2D eigenvalue weighted by molar-refractivity contribution is 0.153. The first-order valence-electron chi connectivity index (χ1n) is 7.98. The smallest absolute Gasteiger partial charge is 0.226 e. The van der Waals surface area contributed by atoms with E-state index in [1.54, 1.807) is 0 Å². The third-order valence-electron chi connectivity index (χ3n) is 4.95. The number of halogens is 1. The Bertz CT molecular complexity index is 665. The van der Waals surface area contributed by atoms with Crippen molar-refractivity contribution in [2.45, 2.75) is 52.5 Å². The van der Waals surface area contributed by atoms with Gasteiger partial charge in [-0.2, -0.15) is 9.97 Å². The summed E-state index contributed by atoms with van der Waals surface area (Å²) in [6.45, 7) is 7.03. The number of imidazole rings is 1. The van der Waals surface area contributed by atoms with Gasteiger partial charge in [0, 0.05) is 13.1 Å². The Morgan fingerprint density at radius 1 is 1.18 bits per heavy atom. The number of nitrogens with zero attached hydrogens (tertiary/aromatic N) is 4. The molecule has 1 saturated carbocycles. The minimum absolute atomic E-state index is 0.266. The molecule has 2 aromatic heterocycles. The summed E-state index contributed by atoms with van der Waals surface area (Å²) in [6.07, 6.45) is 6.74. The SMILES string of the molecule is CNc1nc(Cl)nc2c1ncn2C1CCC(C(C)(C)C)CC1. The van der Waals surface area contributed by atoms with Crippen molar-refractivity contribution in [2.75, 3.05) is 12.4 Å². The molecular weight excluding hydrogens is 298 g/mol. The Balaban J connectivity index is 1.88. The van der Waals surface area contributed by atoms with Gasteiger partial charge in [-0.25, -0.2) is 4.98 Å². The van der Waals surface area contributed by atoms with Crippen LogP contribution in [-0.4, -0.2) is 26.6 Å². The Morgan fingerprint density at radius 2 is 1.86 bits per heavy atom. The fourth-order valence-electron chi connectivity index (χ4n) is 3.55. The Hall–Kier alpha value is -1.36. The van der Waals surface area contributed by atoms with Crippen LogP contribution in [0, 0.1) is 11.3 Å². The number of aromatic nitrogens is 4. The van der Waals surface area contributed by atoms with E-state index in [1.807, 2.05) is 13.4 Å². The van der Waals surface area contributed by atoms with E-state index in [4.69, 9.17) is 11.6 Å². The van der Waals surface area contributed by atoms with Gasteiger partial charge in [0.25, 0.3) is 0 Å². The van der Waals surface area contributed by atoms with Crippen molar-refractivity contribution < 1.29 is 0 Å². The highest BCUT2D eigenvalue weighted by molar-refractivity contribution is 6.28. The van der Waals surface area contributed by atoms with Crippen LogP contribution in [0.3, 0.4) is 0 Å². The molecule has 3 rings (SSSR count). The standard InChI is InChI=1S/C16H24ClN5/c1-16(2,3)10-5-7-11(8-6-10)22-9-19-12-13(18-4)20-15(17)21-14(12)22/h9-11H,5-8H2,1-4H3,(H,18,20,21). The van der Waals surface area contributed by atoms with Crippen molar-refractivity contribution in [3.8, 4) is 0 Å². The molecule has 2 aromatic rings. The number of fused-ring (bicyclic) bond motifs is 1. The van der Waals surface area contributed by atoms with Gasteiger partial charge in [-0.15, -0.1) is 0 Å². The average molecular weight is 322 g/mol. The molecule has 0 atom stereocenters. The number of hydrogen-bond donors (Lipinski definition) is 1. The first-order valence-corrected chi connectivity index (χ1v) is 8.35. The van der Waals surface area contributed by atoms with Crippen LogP contribution in [0.1, 0.15) is 52.5 Å². The van der Waals surface area contributed by atoms with Gasteiger partial charge in [-0.1, -0.05) is 20.8 Å². The minimum Gasteiger partial charge on any atom is -0.371 e. The number of rotatable bonds is 2. The van der Waals surface area contributed by atoms with E-state index in [0.29, 0.717) is 17.3 Å². The van der Waals surface area contributed by atoms with Gasteiger partial charge in [0.15, 0.2) is 17.0 Å². The lowest BCUT2D eigenvalue weighted by atomic mass is 9.71. The second-order valence-electron chi connectivity index (χ2n) is 7.29. The molecule has 0 aromatic carbocycles. The highest BCUT2D eigenvalue weighted by atomic mass is 35.5. The molecule has 5 nitrogen and oxygen atoms in total. The van der Waals surface area contributed by atoms with E-state index < -0.39 is 0 Å². The topological polar surface area (TPSA) is 55.6 Å². The molecule has 22 heavy (non-hydrogen) atoms. The van der Waals surface area contributed by atoms with Crippen LogP contribution in [0.25, 0.3) is 11.2 Å². The van der Waals surface area contributed by atoms with Gasteiger partial charge in [-0.3, -0.25) is 0 Å². The molecule has 6 heteroatoms. The van der Waals surface area contributed by atoms with E-state index in [9.17, 15) is 0 Å². The first-order chi connectivity index (χ1) is 10.4. The number of anilines is 1. The van der Waals surface area contributed by atoms with E-state index in [1.165, 1.54) is 25.7 Å². The molecule has 0 amide bonds. The summed E-state index contributed by atoms with van der Waals surface area (Å²) >= 11 is 6.05.